The quantitative estimate of drug-likeness (QED) is 0.772. The topological polar surface area (TPSA) is 64.1 Å². The van der Waals surface area contributed by atoms with Crippen LogP contribution in [0.4, 0.5) is 5.13 Å². The molecule has 130 valence electrons. The molecule has 0 saturated carbocycles. The largest absolute Gasteiger partial charge is 0.483 e. The second-order valence-electron chi connectivity index (χ2n) is 6.14. The summed E-state index contributed by atoms with van der Waals surface area (Å²) in [7, 11) is 0. The van der Waals surface area contributed by atoms with Crippen LogP contribution in [-0.4, -0.2) is 22.7 Å². The first-order valence-electron chi connectivity index (χ1n) is 8.35. The van der Waals surface area contributed by atoms with Gasteiger partial charge in [-0.2, -0.15) is 0 Å². The van der Waals surface area contributed by atoms with Gasteiger partial charge in [0.25, 0.3) is 5.91 Å². The maximum Gasteiger partial charge on any atom is 0.264 e. The Morgan fingerprint density at radius 2 is 2.12 bits per heavy atom. The number of aromatic nitrogens is 2. The summed E-state index contributed by atoms with van der Waals surface area (Å²) in [5, 5.41) is 12.3. The van der Waals surface area contributed by atoms with Crippen LogP contribution >= 0.6 is 11.3 Å². The third kappa shape index (κ3) is 5.30. The first-order valence-corrected chi connectivity index (χ1v) is 9.16. The fraction of sp³-hybridized carbons (Fsp3) is 0.500. The molecule has 1 aromatic carbocycles. The van der Waals surface area contributed by atoms with Crippen molar-refractivity contribution in [3.05, 3.63) is 34.3 Å². The number of amides is 1. The Labute approximate surface area is 147 Å². The van der Waals surface area contributed by atoms with E-state index in [0.717, 1.165) is 41.1 Å². The number of aryl methyl sites for hydroxylation is 2. The zero-order chi connectivity index (χ0) is 17.5. The molecule has 0 saturated heterocycles. The summed E-state index contributed by atoms with van der Waals surface area (Å²) in [5.41, 5.74) is 2.21. The van der Waals surface area contributed by atoms with Crippen LogP contribution in [0.5, 0.6) is 5.75 Å². The number of nitrogens with one attached hydrogen (secondary N) is 1. The van der Waals surface area contributed by atoms with E-state index in [1.807, 2.05) is 13.0 Å². The van der Waals surface area contributed by atoms with Gasteiger partial charge in [0.05, 0.1) is 0 Å². The summed E-state index contributed by atoms with van der Waals surface area (Å²) in [4.78, 5) is 12.1. The Morgan fingerprint density at radius 3 is 2.83 bits per heavy atom. The SMILES string of the molecule is CCCCc1nnc(NC(=O)COc2cc(C)ccc2C(C)C)s1. The highest BCUT2D eigenvalue weighted by atomic mass is 32.1. The number of hydrogen-bond donors (Lipinski definition) is 1. The van der Waals surface area contributed by atoms with Crippen molar-refractivity contribution < 1.29 is 9.53 Å². The normalized spacial score (nSPS) is 10.9. The molecule has 0 aliphatic heterocycles. The fourth-order valence-corrected chi connectivity index (χ4v) is 3.07. The van der Waals surface area contributed by atoms with E-state index in [-0.39, 0.29) is 12.5 Å². The maximum atomic E-state index is 12.1. The van der Waals surface area contributed by atoms with Crippen molar-refractivity contribution >= 4 is 22.4 Å². The molecule has 2 rings (SSSR count). The predicted molar refractivity (Wildman–Crippen MR) is 97.9 cm³/mol. The summed E-state index contributed by atoms with van der Waals surface area (Å²) < 4.78 is 5.73. The fourth-order valence-electron chi connectivity index (χ4n) is 2.28. The Balaban J connectivity index is 1.91. The Kier molecular flexibility index (Phi) is 6.73. The average Bonchev–Trinajstić information content (AvgIpc) is 2.98. The van der Waals surface area contributed by atoms with Crippen LogP contribution in [0.25, 0.3) is 0 Å². The van der Waals surface area contributed by atoms with Gasteiger partial charge in [0.1, 0.15) is 10.8 Å². The van der Waals surface area contributed by atoms with Crippen LogP contribution in [0.15, 0.2) is 18.2 Å². The third-order valence-corrected chi connectivity index (χ3v) is 4.51. The van der Waals surface area contributed by atoms with Gasteiger partial charge >= 0.3 is 0 Å². The monoisotopic (exact) mass is 347 g/mol. The highest BCUT2D eigenvalue weighted by Crippen LogP contribution is 2.27. The lowest BCUT2D eigenvalue weighted by atomic mass is 10.0. The van der Waals surface area contributed by atoms with E-state index in [0.29, 0.717) is 11.0 Å². The highest BCUT2D eigenvalue weighted by molar-refractivity contribution is 7.15. The molecule has 1 N–H and O–H groups in total. The summed E-state index contributed by atoms with van der Waals surface area (Å²) in [5.74, 6) is 0.887. The minimum absolute atomic E-state index is 0.0347. The van der Waals surface area contributed by atoms with Gasteiger partial charge in [0, 0.05) is 6.42 Å². The van der Waals surface area contributed by atoms with Crippen molar-refractivity contribution in [2.45, 2.75) is 52.9 Å². The molecule has 0 bridgehead atoms. The molecule has 0 unspecified atom stereocenters. The number of ether oxygens (including phenoxy) is 1. The number of nitrogens with zero attached hydrogens (tertiary/aromatic N) is 2. The Morgan fingerprint density at radius 1 is 1.33 bits per heavy atom. The van der Waals surface area contributed by atoms with E-state index in [9.17, 15) is 4.79 Å². The number of rotatable bonds is 8. The highest BCUT2D eigenvalue weighted by Gasteiger charge is 2.12. The molecule has 24 heavy (non-hydrogen) atoms. The summed E-state index contributed by atoms with van der Waals surface area (Å²) in [6.07, 6.45) is 3.10. The molecule has 5 nitrogen and oxygen atoms in total. The lowest BCUT2D eigenvalue weighted by molar-refractivity contribution is -0.118. The van der Waals surface area contributed by atoms with Crippen LogP contribution in [0.1, 0.15) is 55.7 Å². The molecular weight excluding hydrogens is 322 g/mol. The number of anilines is 1. The summed E-state index contributed by atoms with van der Waals surface area (Å²) in [6, 6.07) is 6.08. The van der Waals surface area contributed by atoms with Crippen LogP contribution in [-0.2, 0) is 11.2 Å². The molecule has 1 amide bonds. The third-order valence-electron chi connectivity index (χ3n) is 3.61. The van der Waals surface area contributed by atoms with E-state index in [2.05, 4.69) is 48.4 Å². The molecular formula is C18H25N3O2S. The van der Waals surface area contributed by atoms with Crippen molar-refractivity contribution in [3.63, 3.8) is 0 Å². The minimum atomic E-state index is -0.218. The summed E-state index contributed by atoms with van der Waals surface area (Å²) >= 11 is 1.42. The molecule has 1 heterocycles. The maximum absolute atomic E-state index is 12.1. The van der Waals surface area contributed by atoms with E-state index in [4.69, 9.17) is 4.74 Å². The minimum Gasteiger partial charge on any atom is -0.483 e. The van der Waals surface area contributed by atoms with Crippen molar-refractivity contribution in [3.8, 4) is 5.75 Å². The van der Waals surface area contributed by atoms with Gasteiger partial charge in [-0.25, -0.2) is 0 Å². The molecule has 0 aliphatic carbocycles. The van der Waals surface area contributed by atoms with Crippen LogP contribution in [0, 0.1) is 6.92 Å². The van der Waals surface area contributed by atoms with Gasteiger partial charge in [-0.3, -0.25) is 10.1 Å². The van der Waals surface area contributed by atoms with E-state index >= 15 is 0 Å². The molecule has 0 spiro atoms. The van der Waals surface area contributed by atoms with Gasteiger partial charge in [-0.15, -0.1) is 10.2 Å². The molecule has 2 aromatic rings. The van der Waals surface area contributed by atoms with Crippen molar-refractivity contribution in [1.82, 2.24) is 10.2 Å². The zero-order valence-corrected chi connectivity index (χ0v) is 15.6. The Hall–Kier alpha value is -1.95. The lowest BCUT2D eigenvalue weighted by Gasteiger charge is -2.14. The molecule has 6 heteroatoms. The number of hydrogen-bond acceptors (Lipinski definition) is 5. The van der Waals surface area contributed by atoms with Gasteiger partial charge in [-0.05, 0) is 36.5 Å². The lowest BCUT2D eigenvalue weighted by Crippen LogP contribution is -2.20. The van der Waals surface area contributed by atoms with Crippen molar-refractivity contribution in [2.75, 3.05) is 11.9 Å². The molecule has 0 radical (unpaired) electrons. The van der Waals surface area contributed by atoms with Crippen LogP contribution in [0.2, 0.25) is 0 Å². The number of carbonyl (C=O) groups is 1. The second kappa shape index (κ2) is 8.78. The van der Waals surface area contributed by atoms with Crippen molar-refractivity contribution in [1.29, 1.82) is 0 Å². The smallest absolute Gasteiger partial charge is 0.264 e. The van der Waals surface area contributed by atoms with E-state index in [1.54, 1.807) is 0 Å². The van der Waals surface area contributed by atoms with Gasteiger partial charge < -0.3 is 4.74 Å². The number of carbonyl (C=O) groups excluding carboxylic acids is 1. The van der Waals surface area contributed by atoms with Crippen molar-refractivity contribution in [2.24, 2.45) is 0 Å². The molecule has 1 aromatic heterocycles. The second-order valence-corrected chi connectivity index (χ2v) is 7.20. The van der Waals surface area contributed by atoms with Gasteiger partial charge in [-0.1, -0.05) is 50.7 Å². The average molecular weight is 347 g/mol. The van der Waals surface area contributed by atoms with Crippen LogP contribution < -0.4 is 10.1 Å². The first kappa shape index (κ1) is 18.4. The molecule has 0 aliphatic rings. The molecule has 0 fully saturated rings. The van der Waals surface area contributed by atoms with Gasteiger partial charge in [0.15, 0.2) is 6.61 Å². The standard InChI is InChI=1S/C18H25N3O2S/c1-5-6-7-17-20-21-18(24-17)19-16(22)11-23-15-10-13(4)8-9-14(15)12(2)3/h8-10,12H,5-7,11H2,1-4H3,(H,19,21,22). The van der Waals surface area contributed by atoms with E-state index < -0.39 is 0 Å². The van der Waals surface area contributed by atoms with E-state index in [1.165, 1.54) is 11.3 Å². The summed E-state index contributed by atoms with van der Waals surface area (Å²) in [6.45, 7) is 8.33. The predicted octanol–water partition coefficient (Wildman–Crippen LogP) is 4.33. The molecule has 0 atom stereocenters. The Bertz CT molecular complexity index is 683. The zero-order valence-electron chi connectivity index (χ0n) is 14.8. The number of benzene rings is 1. The van der Waals surface area contributed by atoms with Crippen LogP contribution in [0.3, 0.4) is 0 Å². The van der Waals surface area contributed by atoms with Gasteiger partial charge in [0.2, 0.25) is 5.13 Å². The number of unbranched alkanes of at least 4 members (excludes halogenated alkanes) is 1. The first-order chi connectivity index (χ1) is 11.5.